The lowest BCUT2D eigenvalue weighted by atomic mass is 9.44. The fourth-order valence-corrected chi connectivity index (χ4v) is 7.82. The van der Waals surface area contributed by atoms with Crippen LogP contribution in [-0.4, -0.2) is 23.9 Å². The highest BCUT2D eigenvalue weighted by Gasteiger charge is 2.61. The summed E-state index contributed by atoms with van der Waals surface area (Å²) in [5, 5.41) is 11.2. The monoisotopic (exact) mass is 320 g/mol. The fraction of sp³-hybridized carbons (Fsp3) is 1.00. The average molecular weight is 321 g/mol. The SMILES string of the molecule is CCOC1CCC2CCC3C4CCCC4(C)CC(O)C3C2(C)C1. The molecule has 0 heterocycles. The van der Waals surface area contributed by atoms with E-state index in [0.717, 1.165) is 30.8 Å². The molecular formula is C21H36O2. The maximum absolute atomic E-state index is 11.2. The highest BCUT2D eigenvalue weighted by molar-refractivity contribution is 5.10. The molecule has 8 unspecified atom stereocenters. The minimum Gasteiger partial charge on any atom is -0.393 e. The van der Waals surface area contributed by atoms with Crippen LogP contribution in [0.15, 0.2) is 0 Å². The highest BCUT2D eigenvalue weighted by Crippen LogP contribution is 2.66. The van der Waals surface area contributed by atoms with Crippen molar-refractivity contribution in [2.75, 3.05) is 6.61 Å². The van der Waals surface area contributed by atoms with Crippen molar-refractivity contribution in [1.29, 1.82) is 0 Å². The van der Waals surface area contributed by atoms with Gasteiger partial charge in [0.25, 0.3) is 0 Å². The summed E-state index contributed by atoms with van der Waals surface area (Å²) in [6.07, 6.45) is 12.1. The lowest BCUT2D eigenvalue weighted by Gasteiger charge is -2.62. The smallest absolute Gasteiger partial charge is 0.0581 e. The number of fused-ring (bicyclic) bond motifs is 5. The van der Waals surface area contributed by atoms with Gasteiger partial charge in [-0.15, -0.1) is 0 Å². The third kappa shape index (κ3) is 2.42. The highest BCUT2D eigenvalue weighted by atomic mass is 16.5. The predicted molar refractivity (Wildman–Crippen MR) is 93.1 cm³/mol. The lowest BCUT2D eigenvalue weighted by Crippen LogP contribution is -2.58. The van der Waals surface area contributed by atoms with Crippen molar-refractivity contribution in [3.05, 3.63) is 0 Å². The molecule has 1 N–H and O–H groups in total. The van der Waals surface area contributed by atoms with E-state index >= 15 is 0 Å². The molecule has 0 amide bonds. The third-order valence-electron chi connectivity index (χ3n) is 8.68. The topological polar surface area (TPSA) is 29.5 Å². The minimum atomic E-state index is -0.0764. The van der Waals surface area contributed by atoms with Crippen molar-refractivity contribution >= 4 is 0 Å². The van der Waals surface area contributed by atoms with Crippen LogP contribution in [0.1, 0.15) is 78.6 Å². The summed E-state index contributed by atoms with van der Waals surface area (Å²) < 4.78 is 6.04. The minimum absolute atomic E-state index is 0.0764. The van der Waals surface area contributed by atoms with E-state index in [-0.39, 0.29) is 6.10 Å². The van der Waals surface area contributed by atoms with Crippen molar-refractivity contribution in [1.82, 2.24) is 0 Å². The molecule has 2 nitrogen and oxygen atoms in total. The quantitative estimate of drug-likeness (QED) is 0.792. The molecule has 132 valence electrons. The molecule has 0 aromatic heterocycles. The van der Waals surface area contributed by atoms with Crippen LogP contribution in [0.2, 0.25) is 0 Å². The molecule has 4 aliphatic carbocycles. The van der Waals surface area contributed by atoms with E-state index in [4.69, 9.17) is 4.74 Å². The number of ether oxygens (including phenoxy) is 1. The second-order valence-corrected chi connectivity index (χ2v) is 9.75. The maximum Gasteiger partial charge on any atom is 0.0581 e. The van der Waals surface area contributed by atoms with Gasteiger partial charge in [0, 0.05) is 6.61 Å². The van der Waals surface area contributed by atoms with Crippen LogP contribution < -0.4 is 0 Å². The molecule has 4 aliphatic rings. The molecule has 4 saturated carbocycles. The molecule has 0 saturated heterocycles. The summed E-state index contributed by atoms with van der Waals surface area (Å²) in [5.41, 5.74) is 0.738. The van der Waals surface area contributed by atoms with Crippen molar-refractivity contribution in [2.45, 2.75) is 90.8 Å². The molecule has 8 atom stereocenters. The number of aliphatic hydroxyl groups is 1. The van der Waals surface area contributed by atoms with Gasteiger partial charge in [-0.2, -0.15) is 0 Å². The zero-order chi connectivity index (χ0) is 16.2. The predicted octanol–water partition coefficient (Wildman–Crippen LogP) is 4.80. The molecule has 0 aromatic carbocycles. The van der Waals surface area contributed by atoms with Gasteiger partial charge < -0.3 is 9.84 Å². The summed E-state index contributed by atoms with van der Waals surface area (Å²) in [7, 11) is 0. The van der Waals surface area contributed by atoms with E-state index in [2.05, 4.69) is 20.8 Å². The summed E-state index contributed by atoms with van der Waals surface area (Å²) >= 11 is 0. The molecule has 4 fully saturated rings. The van der Waals surface area contributed by atoms with Gasteiger partial charge in [0.1, 0.15) is 0 Å². The maximum atomic E-state index is 11.2. The molecule has 0 spiro atoms. The summed E-state index contributed by atoms with van der Waals surface area (Å²) in [6.45, 7) is 7.95. The van der Waals surface area contributed by atoms with Gasteiger partial charge in [-0.05, 0) is 92.8 Å². The molecule has 0 aliphatic heterocycles. The van der Waals surface area contributed by atoms with Gasteiger partial charge in [-0.25, -0.2) is 0 Å². The first-order valence-corrected chi connectivity index (χ1v) is 10.3. The van der Waals surface area contributed by atoms with Crippen molar-refractivity contribution < 1.29 is 9.84 Å². The van der Waals surface area contributed by atoms with Crippen molar-refractivity contribution in [2.24, 2.45) is 34.5 Å². The van der Waals surface area contributed by atoms with E-state index in [1.807, 2.05) is 0 Å². The Kier molecular flexibility index (Phi) is 4.08. The first kappa shape index (κ1) is 16.4. The second kappa shape index (κ2) is 5.73. The standard InChI is InChI=1S/C21H36O2/c1-4-23-15-9-7-14-8-10-16-17-6-5-11-20(17,2)13-18(22)19(16)21(14,3)12-15/h14-19,22H,4-13H2,1-3H3. The average Bonchev–Trinajstić information content (AvgIpc) is 2.87. The van der Waals surface area contributed by atoms with Gasteiger partial charge in [-0.1, -0.05) is 20.3 Å². The second-order valence-electron chi connectivity index (χ2n) is 9.75. The summed E-state index contributed by atoms with van der Waals surface area (Å²) in [6, 6.07) is 0. The Labute approximate surface area is 142 Å². The largest absolute Gasteiger partial charge is 0.393 e. The Balaban J connectivity index is 1.63. The van der Waals surface area contributed by atoms with E-state index < -0.39 is 0 Å². The molecule has 23 heavy (non-hydrogen) atoms. The molecule has 2 heteroatoms. The van der Waals surface area contributed by atoms with Crippen molar-refractivity contribution in [3.8, 4) is 0 Å². The number of hydrogen-bond donors (Lipinski definition) is 1. The zero-order valence-electron chi connectivity index (χ0n) is 15.4. The van der Waals surface area contributed by atoms with E-state index in [9.17, 15) is 5.11 Å². The summed E-state index contributed by atoms with van der Waals surface area (Å²) in [4.78, 5) is 0. The van der Waals surface area contributed by atoms with Gasteiger partial charge in [0.2, 0.25) is 0 Å². The first-order chi connectivity index (χ1) is 11.0. The Bertz CT molecular complexity index is 449. The molecule has 0 bridgehead atoms. The molecule has 4 rings (SSSR count). The van der Waals surface area contributed by atoms with Crippen LogP contribution in [0.3, 0.4) is 0 Å². The molecule has 0 aromatic rings. The van der Waals surface area contributed by atoms with Gasteiger partial charge in [0.05, 0.1) is 12.2 Å². The Morgan fingerprint density at radius 3 is 2.61 bits per heavy atom. The van der Waals surface area contributed by atoms with Gasteiger partial charge in [0.15, 0.2) is 0 Å². The number of aliphatic hydroxyl groups excluding tert-OH is 1. The van der Waals surface area contributed by atoms with Crippen LogP contribution in [0.4, 0.5) is 0 Å². The first-order valence-electron chi connectivity index (χ1n) is 10.3. The van der Waals surface area contributed by atoms with E-state index in [1.165, 1.54) is 51.4 Å². The number of rotatable bonds is 2. The molecule has 0 radical (unpaired) electrons. The van der Waals surface area contributed by atoms with Gasteiger partial charge in [-0.3, -0.25) is 0 Å². The summed E-state index contributed by atoms with van der Waals surface area (Å²) in [5.74, 6) is 3.00. The third-order valence-corrected chi connectivity index (χ3v) is 8.68. The van der Waals surface area contributed by atoms with Crippen LogP contribution in [0.5, 0.6) is 0 Å². The zero-order valence-corrected chi connectivity index (χ0v) is 15.4. The van der Waals surface area contributed by atoms with Crippen LogP contribution in [0.25, 0.3) is 0 Å². The Hall–Kier alpha value is -0.0800. The van der Waals surface area contributed by atoms with Crippen LogP contribution >= 0.6 is 0 Å². The van der Waals surface area contributed by atoms with Crippen LogP contribution in [-0.2, 0) is 4.74 Å². The van der Waals surface area contributed by atoms with E-state index in [1.54, 1.807) is 0 Å². The molecular weight excluding hydrogens is 284 g/mol. The van der Waals surface area contributed by atoms with Crippen LogP contribution in [0, 0.1) is 34.5 Å². The lowest BCUT2D eigenvalue weighted by molar-refractivity contribution is -0.179. The van der Waals surface area contributed by atoms with E-state index in [0.29, 0.717) is 22.9 Å². The number of hydrogen-bond acceptors (Lipinski definition) is 2. The van der Waals surface area contributed by atoms with Gasteiger partial charge >= 0.3 is 0 Å². The Morgan fingerprint density at radius 1 is 1.04 bits per heavy atom. The normalized spacial score (nSPS) is 55.8. The fourth-order valence-electron chi connectivity index (χ4n) is 7.82. The Morgan fingerprint density at radius 2 is 1.83 bits per heavy atom. The van der Waals surface area contributed by atoms with Crippen molar-refractivity contribution in [3.63, 3.8) is 0 Å².